The van der Waals surface area contributed by atoms with Crippen LogP contribution in [0.2, 0.25) is 0 Å². The fourth-order valence-corrected chi connectivity index (χ4v) is 3.93. The van der Waals surface area contributed by atoms with Gasteiger partial charge in [-0.15, -0.1) is 0 Å². The van der Waals surface area contributed by atoms with E-state index in [4.69, 9.17) is 4.42 Å². The summed E-state index contributed by atoms with van der Waals surface area (Å²) in [4.78, 5) is 26.0. The summed E-state index contributed by atoms with van der Waals surface area (Å²) in [6.07, 6.45) is 3.13. The van der Waals surface area contributed by atoms with E-state index >= 15 is 0 Å². The molecule has 1 saturated heterocycles. The molecule has 2 aliphatic rings. The molecule has 1 aromatic heterocycles. The van der Waals surface area contributed by atoms with Gasteiger partial charge < -0.3 is 14.4 Å². The van der Waals surface area contributed by atoms with E-state index in [9.17, 15) is 14.7 Å². The van der Waals surface area contributed by atoms with Crippen molar-refractivity contribution in [2.24, 2.45) is 17.8 Å². The number of aryl methyl sites for hydroxylation is 1. The van der Waals surface area contributed by atoms with Crippen LogP contribution >= 0.6 is 0 Å². The summed E-state index contributed by atoms with van der Waals surface area (Å²) in [6.45, 7) is 2.90. The molecule has 1 aromatic carbocycles. The minimum atomic E-state index is -0.798. The minimum absolute atomic E-state index is 0.0764. The zero-order chi connectivity index (χ0) is 18.3. The lowest BCUT2D eigenvalue weighted by molar-refractivity contribution is -0.142. The molecule has 5 nitrogen and oxygen atoms in total. The maximum atomic E-state index is 12.8. The van der Waals surface area contributed by atoms with Crippen molar-refractivity contribution in [1.29, 1.82) is 0 Å². The summed E-state index contributed by atoms with van der Waals surface area (Å²) in [5.74, 6) is 0.00106. The van der Waals surface area contributed by atoms with Gasteiger partial charge >= 0.3 is 5.97 Å². The lowest BCUT2D eigenvalue weighted by Crippen LogP contribution is -2.29. The predicted octanol–water partition coefficient (Wildman–Crippen LogP) is 3.69. The Morgan fingerprint density at radius 1 is 1.12 bits per heavy atom. The van der Waals surface area contributed by atoms with Gasteiger partial charge in [-0.25, -0.2) is 0 Å². The molecule has 2 aromatic rings. The number of rotatable bonds is 5. The summed E-state index contributed by atoms with van der Waals surface area (Å²) < 4.78 is 5.79. The van der Waals surface area contributed by atoms with Crippen LogP contribution in [0.1, 0.15) is 35.9 Å². The number of carboxylic acid groups (broad SMARTS) is 1. The van der Waals surface area contributed by atoms with Crippen molar-refractivity contribution in [3.63, 3.8) is 0 Å². The van der Waals surface area contributed by atoms with Crippen molar-refractivity contribution in [3.8, 4) is 11.3 Å². The van der Waals surface area contributed by atoms with E-state index in [0.717, 1.165) is 24.8 Å². The van der Waals surface area contributed by atoms with Crippen LogP contribution in [-0.4, -0.2) is 35.0 Å². The summed E-state index contributed by atoms with van der Waals surface area (Å²) in [7, 11) is 0. The Morgan fingerprint density at radius 3 is 2.46 bits per heavy atom. The topological polar surface area (TPSA) is 70.8 Å². The van der Waals surface area contributed by atoms with Crippen molar-refractivity contribution in [1.82, 2.24) is 4.90 Å². The third-order valence-electron chi connectivity index (χ3n) is 5.66. The molecule has 2 heterocycles. The van der Waals surface area contributed by atoms with Gasteiger partial charge in [0.25, 0.3) is 5.91 Å². The highest BCUT2D eigenvalue weighted by molar-refractivity contribution is 5.93. The Morgan fingerprint density at radius 2 is 1.85 bits per heavy atom. The maximum absolute atomic E-state index is 12.8. The maximum Gasteiger partial charge on any atom is 0.308 e. The molecular weight excluding hydrogens is 330 g/mol. The van der Waals surface area contributed by atoms with Gasteiger partial charge in [-0.1, -0.05) is 31.2 Å². The number of furan rings is 1. The molecule has 2 fully saturated rings. The molecule has 136 valence electrons. The molecule has 0 radical (unpaired) electrons. The van der Waals surface area contributed by atoms with E-state index in [1.165, 1.54) is 5.56 Å². The summed E-state index contributed by atoms with van der Waals surface area (Å²) in [5.41, 5.74) is 2.18. The number of carboxylic acids is 1. The van der Waals surface area contributed by atoms with E-state index in [2.05, 4.69) is 19.1 Å². The van der Waals surface area contributed by atoms with Gasteiger partial charge in [0.2, 0.25) is 0 Å². The zero-order valence-corrected chi connectivity index (χ0v) is 14.9. The molecule has 2 atom stereocenters. The van der Waals surface area contributed by atoms with Gasteiger partial charge in [-0.05, 0) is 48.8 Å². The van der Waals surface area contributed by atoms with Crippen LogP contribution in [0.25, 0.3) is 11.3 Å². The molecule has 4 rings (SSSR count). The largest absolute Gasteiger partial charge is 0.481 e. The van der Waals surface area contributed by atoms with E-state index in [-0.39, 0.29) is 24.1 Å². The SMILES string of the molecule is CCc1ccc(-c2ccc(C(=O)N3C[C@H](C(=O)O)[C@@H](C4CC4)C3)o2)cc1. The lowest BCUT2D eigenvalue weighted by Gasteiger charge is -2.14. The second-order valence-electron chi connectivity index (χ2n) is 7.37. The van der Waals surface area contributed by atoms with Crippen LogP contribution in [0.5, 0.6) is 0 Å². The highest BCUT2D eigenvalue weighted by Crippen LogP contribution is 2.44. The second-order valence-corrected chi connectivity index (χ2v) is 7.37. The molecular formula is C21H23NO4. The number of nitrogens with zero attached hydrogens (tertiary/aromatic N) is 1. The Labute approximate surface area is 152 Å². The average Bonchev–Trinajstić information content (AvgIpc) is 3.21. The molecule has 1 N–H and O–H groups in total. The van der Waals surface area contributed by atoms with Crippen LogP contribution in [0, 0.1) is 17.8 Å². The predicted molar refractivity (Wildman–Crippen MR) is 96.8 cm³/mol. The third kappa shape index (κ3) is 3.14. The zero-order valence-electron chi connectivity index (χ0n) is 14.9. The number of carbonyl (C=O) groups excluding carboxylic acids is 1. The first-order valence-corrected chi connectivity index (χ1v) is 9.28. The Hall–Kier alpha value is -2.56. The Bertz CT molecular complexity index is 819. The number of hydrogen-bond donors (Lipinski definition) is 1. The van der Waals surface area contributed by atoms with Crippen molar-refractivity contribution in [3.05, 3.63) is 47.7 Å². The summed E-state index contributed by atoms with van der Waals surface area (Å²) >= 11 is 0. The number of aliphatic carboxylic acids is 1. The fourth-order valence-electron chi connectivity index (χ4n) is 3.93. The molecule has 1 aliphatic heterocycles. The fraction of sp³-hybridized carbons (Fsp3) is 0.429. The lowest BCUT2D eigenvalue weighted by atomic mass is 9.92. The molecule has 0 bridgehead atoms. The normalized spacial score (nSPS) is 22.6. The van der Waals surface area contributed by atoms with Gasteiger partial charge in [0.05, 0.1) is 5.92 Å². The van der Waals surface area contributed by atoms with Crippen molar-refractivity contribution in [2.45, 2.75) is 26.2 Å². The third-order valence-corrected chi connectivity index (χ3v) is 5.66. The van der Waals surface area contributed by atoms with Gasteiger partial charge in [-0.2, -0.15) is 0 Å². The standard InChI is InChI=1S/C21H23NO4/c1-2-13-3-5-15(6-4-13)18-9-10-19(26-18)20(23)22-11-16(14-7-8-14)17(12-22)21(24)25/h3-6,9-10,14,16-17H,2,7-8,11-12H2,1H3,(H,24,25)/t16-,17+/m1/s1. The van der Waals surface area contributed by atoms with Crippen molar-refractivity contribution in [2.75, 3.05) is 13.1 Å². The first kappa shape index (κ1) is 16.9. The molecule has 1 saturated carbocycles. The number of likely N-dealkylation sites (tertiary alicyclic amines) is 1. The molecule has 1 aliphatic carbocycles. The van der Waals surface area contributed by atoms with Crippen molar-refractivity contribution >= 4 is 11.9 Å². The Balaban J connectivity index is 1.50. The van der Waals surface area contributed by atoms with Crippen LogP contribution in [-0.2, 0) is 11.2 Å². The summed E-state index contributed by atoms with van der Waals surface area (Å²) in [6, 6.07) is 11.6. The van der Waals surface area contributed by atoms with Gasteiger partial charge in [0.15, 0.2) is 5.76 Å². The molecule has 0 spiro atoms. The molecule has 1 amide bonds. The van der Waals surface area contributed by atoms with E-state index in [1.54, 1.807) is 17.0 Å². The van der Waals surface area contributed by atoms with Crippen LogP contribution in [0.3, 0.4) is 0 Å². The highest BCUT2D eigenvalue weighted by atomic mass is 16.4. The number of amides is 1. The highest BCUT2D eigenvalue weighted by Gasteiger charge is 2.47. The average molecular weight is 353 g/mol. The van der Waals surface area contributed by atoms with Crippen molar-refractivity contribution < 1.29 is 19.1 Å². The van der Waals surface area contributed by atoms with Gasteiger partial charge in [-0.3, -0.25) is 9.59 Å². The minimum Gasteiger partial charge on any atom is -0.481 e. The van der Waals surface area contributed by atoms with Crippen LogP contribution < -0.4 is 0 Å². The number of hydrogen-bond acceptors (Lipinski definition) is 3. The van der Waals surface area contributed by atoms with E-state index < -0.39 is 11.9 Å². The second kappa shape index (κ2) is 6.63. The Kier molecular flexibility index (Phi) is 4.31. The monoisotopic (exact) mass is 353 g/mol. The quantitative estimate of drug-likeness (QED) is 0.890. The van der Waals surface area contributed by atoms with Crippen LogP contribution in [0.15, 0.2) is 40.8 Å². The number of carbonyl (C=O) groups is 2. The number of benzene rings is 1. The molecule has 5 heteroatoms. The first-order chi connectivity index (χ1) is 12.6. The van der Waals surface area contributed by atoms with Gasteiger partial charge in [0.1, 0.15) is 5.76 Å². The first-order valence-electron chi connectivity index (χ1n) is 9.28. The summed E-state index contributed by atoms with van der Waals surface area (Å²) in [5, 5.41) is 9.46. The van der Waals surface area contributed by atoms with Crippen LogP contribution in [0.4, 0.5) is 0 Å². The van der Waals surface area contributed by atoms with Gasteiger partial charge in [0, 0.05) is 18.7 Å². The molecule has 0 unspecified atom stereocenters. The smallest absolute Gasteiger partial charge is 0.308 e. The van der Waals surface area contributed by atoms with E-state index in [1.807, 2.05) is 12.1 Å². The molecule has 26 heavy (non-hydrogen) atoms. The van der Waals surface area contributed by atoms with E-state index in [0.29, 0.717) is 18.2 Å².